The summed E-state index contributed by atoms with van der Waals surface area (Å²) in [6.45, 7) is 0.924. The number of nitrogens with zero attached hydrogens (tertiary/aromatic N) is 2. The molecule has 1 aliphatic carbocycles. The summed E-state index contributed by atoms with van der Waals surface area (Å²) in [4.78, 5) is 18.2. The molecule has 0 spiro atoms. The summed E-state index contributed by atoms with van der Waals surface area (Å²) in [6.07, 6.45) is 4.36. The third-order valence-electron chi connectivity index (χ3n) is 3.06. The smallest absolute Gasteiger partial charge is 0.233 e. The number of hydrogen-bond donors (Lipinski definition) is 0. The lowest BCUT2D eigenvalue weighted by Gasteiger charge is -2.23. The van der Waals surface area contributed by atoms with Gasteiger partial charge in [-0.15, -0.1) is 11.8 Å². The first-order valence-electron chi connectivity index (χ1n) is 5.66. The zero-order valence-electron chi connectivity index (χ0n) is 9.00. The second-order valence-corrected chi connectivity index (χ2v) is 5.48. The molecular formula is C12H14N2OS. The van der Waals surface area contributed by atoms with E-state index in [0.29, 0.717) is 5.75 Å². The van der Waals surface area contributed by atoms with Crippen molar-refractivity contribution in [3.8, 4) is 0 Å². The van der Waals surface area contributed by atoms with E-state index in [2.05, 4.69) is 4.98 Å². The lowest BCUT2D eigenvalue weighted by atomic mass is 10.3. The molecule has 3 rings (SSSR count). The van der Waals surface area contributed by atoms with Gasteiger partial charge in [0.05, 0.1) is 11.4 Å². The third-order valence-corrected chi connectivity index (χ3v) is 4.29. The average Bonchev–Trinajstić information content (AvgIpc) is 3.06. The van der Waals surface area contributed by atoms with Crippen molar-refractivity contribution >= 4 is 17.7 Å². The second-order valence-electron chi connectivity index (χ2n) is 4.41. The van der Waals surface area contributed by atoms with Gasteiger partial charge in [-0.1, -0.05) is 6.07 Å². The highest BCUT2D eigenvalue weighted by Gasteiger charge is 2.37. The first-order valence-corrected chi connectivity index (χ1v) is 6.71. The Kier molecular flexibility index (Phi) is 2.59. The number of pyridine rings is 1. The second kappa shape index (κ2) is 4.09. The van der Waals surface area contributed by atoms with Gasteiger partial charge in [-0.25, -0.2) is 0 Å². The summed E-state index contributed by atoms with van der Waals surface area (Å²) in [7, 11) is 0. The average molecular weight is 234 g/mol. The highest BCUT2D eigenvalue weighted by Crippen LogP contribution is 2.41. The van der Waals surface area contributed by atoms with E-state index < -0.39 is 0 Å². The lowest BCUT2D eigenvalue weighted by molar-refractivity contribution is -0.128. The molecule has 0 N–H and O–H groups in total. The van der Waals surface area contributed by atoms with Crippen LogP contribution in [-0.2, 0) is 4.79 Å². The van der Waals surface area contributed by atoms with E-state index in [1.165, 1.54) is 12.8 Å². The Labute approximate surface area is 99.2 Å². The molecule has 2 heterocycles. The van der Waals surface area contributed by atoms with Crippen molar-refractivity contribution < 1.29 is 4.79 Å². The molecule has 0 radical (unpaired) electrons. The predicted molar refractivity (Wildman–Crippen MR) is 63.9 cm³/mol. The molecule has 1 aromatic heterocycles. The first kappa shape index (κ1) is 10.1. The largest absolute Gasteiger partial charge is 0.324 e. The predicted octanol–water partition coefficient (Wildman–Crippen LogP) is 2.07. The quantitative estimate of drug-likeness (QED) is 0.802. The van der Waals surface area contributed by atoms with Gasteiger partial charge >= 0.3 is 0 Å². The van der Waals surface area contributed by atoms with E-state index in [1.54, 1.807) is 18.0 Å². The monoisotopic (exact) mass is 234 g/mol. The first-order chi connectivity index (χ1) is 7.84. The van der Waals surface area contributed by atoms with Gasteiger partial charge in [-0.05, 0) is 30.9 Å². The normalized spacial score (nSPS) is 25.1. The number of carbonyl (C=O) groups excluding carboxylic acids is 1. The van der Waals surface area contributed by atoms with Crippen LogP contribution in [0.3, 0.4) is 0 Å². The fourth-order valence-corrected chi connectivity index (χ4v) is 3.16. The van der Waals surface area contributed by atoms with Gasteiger partial charge in [0.1, 0.15) is 5.37 Å². The van der Waals surface area contributed by atoms with E-state index in [9.17, 15) is 4.79 Å². The van der Waals surface area contributed by atoms with Crippen LogP contribution >= 0.6 is 11.8 Å². The Balaban J connectivity index is 1.80. The maximum atomic E-state index is 11.8. The Morgan fingerprint density at radius 2 is 2.31 bits per heavy atom. The number of hydrogen-bond acceptors (Lipinski definition) is 3. The van der Waals surface area contributed by atoms with Crippen LogP contribution in [0.15, 0.2) is 24.4 Å². The topological polar surface area (TPSA) is 33.2 Å². The summed E-state index contributed by atoms with van der Waals surface area (Å²) >= 11 is 1.70. The summed E-state index contributed by atoms with van der Waals surface area (Å²) in [5, 5.41) is 0.147. The molecular weight excluding hydrogens is 220 g/mol. The molecule has 3 nitrogen and oxygen atoms in total. The standard InChI is InChI=1S/C12H14N2OS/c15-11-8-16-12(10-3-1-2-6-13-10)14(11)7-9-4-5-9/h1-3,6,9,12H,4-5,7-8H2. The molecule has 1 amide bonds. The highest BCUT2D eigenvalue weighted by molar-refractivity contribution is 8.00. The molecule has 1 aromatic rings. The van der Waals surface area contributed by atoms with E-state index in [1.807, 2.05) is 23.1 Å². The van der Waals surface area contributed by atoms with Crippen LogP contribution in [0.1, 0.15) is 23.9 Å². The zero-order valence-corrected chi connectivity index (χ0v) is 9.82. The van der Waals surface area contributed by atoms with Crippen LogP contribution in [0.4, 0.5) is 0 Å². The molecule has 1 aliphatic heterocycles. The molecule has 1 saturated carbocycles. The zero-order chi connectivity index (χ0) is 11.0. The Morgan fingerprint density at radius 3 is 3.00 bits per heavy atom. The van der Waals surface area contributed by atoms with Crippen molar-refractivity contribution in [1.29, 1.82) is 0 Å². The van der Waals surface area contributed by atoms with Crippen molar-refractivity contribution in [1.82, 2.24) is 9.88 Å². The van der Waals surface area contributed by atoms with Crippen LogP contribution in [0.25, 0.3) is 0 Å². The van der Waals surface area contributed by atoms with E-state index in [4.69, 9.17) is 0 Å². The molecule has 1 saturated heterocycles. The van der Waals surface area contributed by atoms with Crippen molar-refractivity contribution in [3.63, 3.8) is 0 Å². The highest BCUT2D eigenvalue weighted by atomic mass is 32.2. The van der Waals surface area contributed by atoms with Gasteiger partial charge in [-0.3, -0.25) is 9.78 Å². The third kappa shape index (κ3) is 1.94. The lowest BCUT2D eigenvalue weighted by Crippen LogP contribution is -2.30. The fraction of sp³-hybridized carbons (Fsp3) is 0.500. The number of thioether (sulfide) groups is 1. The minimum Gasteiger partial charge on any atom is -0.324 e. The van der Waals surface area contributed by atoms with Crippen molar-refractivity contribution in [2.45, 2.75) is 18.2 Å². The molecule has 0 bridgehead atoms. The van der Waals surface area contributed by atoms with Crippen molar-refractivity contribution in [2.75, 3.05) is 12.3 Å². The Bertz CT molecular complexity index is 391. The molecule has 1 atom stereocenters. The summed E-state index contributed by atoms with van der Waals surface area (Å²) in [5.74, 6) is 1.62. The van der Waals surface area contributed by atoms with Crippen LogP contribution < -0.4 is 0 Å². The van der Waals surface area contributed by atoms with Crippen molar-refractivity contribution in [2.24, 2.45) is 5.92 Å². The van der Waals surface area contributed by atoms with Gasteiger partial charge in [-0.2, -0.15) is 0 Å². The molecule has 4 heteroatoms. The maximum absolute atomic E-state index is 11.8. The van der Waals surface area contributed by atoms with Crippen molar-refractivity contribution in [3.05, 3.63) is 30.1 Å². The van der Waals surface area contributed by atoms with Gasteiger partial charge in [0.25, 0.3) is 0 Å². The maximum Gasteiger partial charge on any atom is 0.233 e. The summed E-state index contributed by atoms with van der Waals surface area (Å²) in [6, 6.07) is 5.91. The SMILES string of the molecule is O=C1CSC(c2ccccn2)N1CC1CC1. The van der Waals surface area contributed by atoms with Crippen LogP contribution in [0.5, 0.6) is 0 Å². The fourth-order valence-electron chi connectivity index (χ4n) is 2.00. The molecule has 2 aliphatic rings. The molecule has 1 unspecified atom stereocenters. The number of rotatable bonds is 3. The van der Waals surface area contributed by atoms with Gasteiger partial charge < -0.3 is 4.90 Å². The van der Waals surface area contributed by atoms with Crippen LogP contribution in [-0.4, -0.2) is 28.1 Å². The van der Waals surface area contributed by atoms with Gasteiger partial charge in [0, 0.05) is 12.7 Å². The minimum atomic E-state index is 0.147. The Hall–Kier alpha value is -1.03. The molecule has 84 valence electrons. The molecule has 2 fully saturated rings. The van der Waals surface area contributed by atoms with E-state index in [0.717, 1.165) is 18.2 Å². The van der Waals surface area contributed by atoms with Crippen LogP contribution in [0, 0.1) is 5.92 Å². The van der Waals surface area contributed by atoms with Gasteiger partial charge in [0.15, 0.2) is 0 Å². The number of amides is 1. The summed E-state index contributed by atoms with van der Waals surface area (Å²) < 4.78 is 0. The van der Waals surface area contributed by atoms with E-state index >= 15 is 0 Å². The molecule has 0 aromatic carbocycles. The molecule has 16 heavy (non-hydrogen) atoms. The van der Waals surface area contributed by atoms with E-state index in [-0.39, 0.29) is 11.3 Å². The number of aromatic nitrogens is 1. The number of carbonyl (C=O) groups is 1. The van der Waals surface area contributed by atoms with Crippen LogP contribution in [0.2, 0.25) is 0 Å². The Morgan fingerprint density at radius 1 is 1.44 bits per heavy atom. The van der Waals surface area contributed by atoms with Gasteiger partial charge in [0.2, 0.25) is 5.91 Å². The summed E-state index contributed by atoms with van der Waals surface area (Å²) in [5.41, 5.74) is 1.01. The minimum absolute atomic E-state index is 0.147.